The van der Waals surface area contributed by atoms with E-state index < -0.39 is 0 Å². The molecule has 0 atom stereocenters. The molecule has 0 spiro atoms. The fourth-order valence-electron chi connectivity index (χ4n) is 1.38. The van der Waals surface area contributed by atoms with Gasteiger partial charge in [0.25, 0.3) is 0 Å². The van der Waals surface area contributed by atoms with E-state index in [-0.39, 0.29) is 0 Å². The van der Waals surface area contributed by atoms with Crippen LogP contribution in [0.1, 0.15) is 16.7 Å². The second kappa shape index (κ2) is 3.54. The van der Waals surface area contributed by atoms with E-state index in [2.05, 4.69) is 32.0 Å². The summed E-state index contributed by atoms with van der Waals surface area (Å²) in [5, 5.41) is 0. The summed E-state index contributed by atoms with van der Waals surface area (Å²) in [6.45, 7) is 4.98. The molecule has 0 aliphatic rings. The summed E-state index contributed by atoms with van der Waals surface area (Å²) in [7, 11) is 0. The molecule has 0 bridgehead atoms. The molecule has 0 amide bonds. The summed E-state index contributed by atoms with van der Waals surface area (Å²) >= 11 is 0. The number of nitrogens with two attached hydrogens (primary N) is 1. The standard InChI is InChI=1S/C10H15N/c1-8-5-9(2)7-10(6-8)3-4-11/h5-7H,3-4,11H2,1-2H3. The first kappa shape index (κ1) is 8.28. The van der Waals surface area contributed by atoms with Crippen LogP contribution in [0.15, 0.2) is 18.2 Å². The predicted octanol–water partition coefficient (Wildman–Crippen LogP) is 1.80. The van der Waals surface area contributed by atoms with Crippen molar-refractivity contribution in [2.45, 2.75) is 20.3 Å². The normalized spacial score (nSPS) is 10.1. The Hall–Kier alpha value is -0.820. The molecule has 60 valence electrons. The molecule has 1 heteroatoms. The van der Waals surface area contributed by atoms with Crippen molar-refractivity contribution in [1.82, 2.24) is 0 Å². The molecule has 0 saturated carbocycles. The zero-order valence-corrected chi connectivity index (χ0v) is 7.22. The van der Waals surface area contributed by atoms with Gasteiger partial charge in [-0.2, -0.15) is 0 Å². The van der Waals surface area contributed by atoms with Gasteiger partial charge in [0.15, 0.2) is 0 Å². The highest BCUT2D eigenvalue weighted by Gasteiger charge is 1.93. The zero-order valence-electron chi connectivity index (χ0n) is 7.22. The SMILES string of the molecule is Cc1cc(C)cc(CCN)c1. The van der Waals surface area contributed by atoms with Gasteiger partial charge in [-0.3, -0.25) is 0 Å². The van der Waals surface area contributed by atoms with Crippen LogP contribution < -0.4 is 5.73 Å². The van der Waals surface area contributed by atoms with Crippen molar-refractivity contribution in [1.29, 1.82) is 0 Å². The molecule has 2 N–H and O–H groups in total. The molecular formula is C10H15N. The molecule has 0 aliphatic heterocycles. The Morgan fingerprint density at radius 2 is 1.64 bits per heavy atom. The molecule has 1 aromatic carbocycles. The minimum absolute atomic E-state index is 0.739. The zero-order chi connectivity index (χ0) is 8.27. The van der Waals surface area contributed by atoms with E-state index in [0.717, 1.165) is 13.0 Å². The highest BCUT2D eigenvalue weighted by atomic mass is 14.5. The van der Waals surface area contributed by atoms with Gasteiger partial charge in [0.1, 0.15) is 0 Å². The molecule has 1 aromatic rings. The molecule has 1 rings (SSSR count). The second-order valence-corrected chi connectivity index (χ2v) is 3.03. The van der Waals surface area contributed by atoms with Gasteiger partial charge in [0.05, 0.1) is 0 Å². The average molecular weight is 149 g/mol. The number of aryl methyl sites for hydroxylation is 2. The van der Waals surface area contributed by atoms with Gasteiger partial charge in [0, 0.05) is 0 Å². The van der Waals surface area contributed by atoms with E-state index in [0.29, 0.717) is 0 Å². The van der Waals surface area contributed by atoms with Crippen molar-refractivity contribution >= 4 is 0 Å². The molecular weight excluding hydrogens is 134 g/mol. The van der Waals surface area contributed by atoms with Gasteiger partial charge >= 0.3 is 0 Å². The minimum Gasteiger partial charge on any atom is -0.330 e. The molecule has 0 fully saturated rings. The lowest BCUT2D eigenvalue weighted by Gasteiger charge is -2.02. The summed E-state index contributed by atoms with van der Waals surface area (Å²) < 4.78 is 0. The summed E-state index contributed by atoms with van der Waals surface area (Å²) in [5.41, 5.74) is 9.47. The third-order valence-corrected chi connectivity index (χ3v) is 1.71. The van der Waals surface area contributed by atoms with Crippen LogP contribution in [0.4, 0.5) is 0 Å². The number of hydrogen-bond donors (Lipinski definition) is 1. The van der Waals surface area contributed by atoms with Gasteiger partial charge in [-0.25, -0.2) is 0 Å². The summed E-state index contributed by atoms with van der Waals surface area (Å²) in [6, 6.07) is 6.57. The second-order valence-electron chi connectivity index (χ2n) is 3.03. The molecule has 11 heavy (non-hydrogen) atoms. The summed E-state index contributed by atoms with van der Waals surface area (Å²) in [6.07, 6.45) is 0.989. The maximum atomic E-state index is 5.46. The number of benzene rings is 1. The lowest BCUT2D eigenvalue weighted by atomic mass is 10.1. The number of rotatable bonds is 2. The van der Waals surface area contributed by atoms with Crippen LogP contribution in [-0.2, 0) is 6.42 Å². The third-order valence-electron chi connectivity index (χ3n) is 1.71. The highest BCUT2D eigenvalue weighted by Crippen LogP contribution is 2.08. The van der Waals surface area contributed by atoms with Crippen LogP contribution in [0.3, 0.4) is 0 Å². The van der Waals surface area contributed by atoms with Crippen molar-refractivity contribution in [3.05, 3.63) is 34.9 Å². The highest BCUT2D eigenvalue weighted by molar-refractivity contribution is 5.28. The summed E-state index contributed by atoms with van der Waals surface area (Å²) in [5.74, 6) is 0. The van der Waals surface area contributed by atoms with Crippen LogP contribution in [0.5, 0.6) is 0 Å². The summed E-state index contributed by atoms with van der Waals surface area (Å²) in [4.78, 5) is 0. The first-order valence-electron chi connectivity index (χ1n) is 3.99. The van der Waals surface area contributed by atoms with Gasteiger partial charge in [0.2, 0.25) is 0 Å². The van der Waals surface area contributed by atoms with Crippen LogP contribution in [0.25, 0.3) is 0 Å². The molecule has 0 aromatic heterocycles. The molecule has 0 heterocycles. The van der Waals surface area contributed by atoms with E-state index in [9.17, 15) is 0 Å². The fraction of sp³-hybridized carbons (Fsp3) is 0.400. The Kier molecular flexibility index (Phi) is 2.66. The van der Waals surface area contributed by atoms with Gasteiger partial charge in [-0.1, -0.05) is 29.3 Å². The Labute approximate surface area is 68.2 Å². The maximum Gasteiger partial charge on any atom is -0.00367 e. The Bertz CT molecular complexity index is 220. The van der Waals surface area contributed by atoms with Crippen molar-refractivity contribution in [3.8, 4) is 0 Å². The first-order chi connectivity index (χ1) is 5.22. The Balaban J connectivity index is 2.89. The first-order valence-corrected chi connectivity index (χ1v) is 3.99. The molecule has 1 nitrogen and oxygen atoms in total. The molecule has 0 aliphatic carbocycles. The van der Waals surface area contributed by atoms with Crippen molar-refractivity contribution in [3.63, 3.8) is 0 Å². The van der Waals surface area contributed by atoms with Crippen LogP contribution in [0.2, 0.25) is 0 Å². The van der Waals surface area contributed by atoms with Gasteiger partial charge in [-0.05, 0) is 32.4 Å². The minimum atomic E-state index is 0.739. The quantitative estimate of drug-likeness (QED) is 0.681. The monoisotopic (exact) mass is 149 g/mol. The van der Waals surface area contributed by atoms with Crippen LogP contribution in [-0.4, -0.2) is 6.54 Å². The van der Waals surface area contributed by atoms with E-state index in [1.807, 2.05) is 0 Å². The Morgan fingerprint density at radius 1 is 1.09 bits per heavy atom. The average Bonchev–Trinajstić information content (AvgIpc) is 1.85. The van der Waals surface area contributed by atoms with E-state index in [1.165, 1.54) is 16.7 Å². The van der Waals surface area contributed by atoms with Gasteiger partial charge in [-0.15, -0.1) is 0 Å². The predicted molar refractivity (Wildman–Crippen MR) is 48.7 cm³/mol. The molecule has 0 radical (unpaired) electrons. The smallest absolute Gasteiger partial charge is 0.00367 e. The topological polar surface area (TPSA) is 26.0 Å². The number of hydrogen-bond acceptors (Lipinski definition) is 1. The lowest BCUT2D eigenvalue weighted by Crippen LogP contribution is -2.02. The molecule has 0 saturated heterocycles. The third kappa shape index (κ3) is 2.35. The van der Waals surface area contributed by atoms with E-state index in [4.69, 9.17) is 5.73 Å². The van der Waals surface area contributed by atoms with Crippen LogP contribution in [0, 0.1) is 13.8 Å². The van der Waals surface area contributed by atoms with E-state index >= 15 is 0 Å². The van der Waals surface area contributed by atoms with Crippen molar-refractivity contribution in [2.24, 2.45) is 5.73 Å². The fourth-order valence-corrected chi connectivity index (χ4v) is 1.38. The lowest BCUT2D eigenvalue weighted by molar-refractivity contribution is 0.964. The van der Waals surface area contributed by atoms with Gasteiger partial charge < -0.3 is 5.73 Å². The maximum absolute atomic E-state index is 5.46. The largest absolute Gasteiger partial charge is 0.330 e. The van der Waals surface area contributed by atoms with E-state index in [1.54, 1.807) is 0 Å². The van der Waals surface area contributed by atoms with Crippen molar-refractivity contribution < 1.29 is 0 Å². The van der Waals surface area contributed by atoms with Crippen LogP contribution >= 0.6 is 0 Å². The molecule has 0 unspecified atom stereocenters. The Morgan fingerprint density at radius 3 is 2.09 bits per heavy atom. The van der Waals surface area contributed by atoms with Crippen molar-refractivity contribution in [2.75, 3.05) is 6.54 Å².